The van der Waals surface area contributed by atoms with Gasteiger partial charge >= 0.3 is 11.5 Å². The van der Waals surface area contributed by atoms with Crippen LogP contribution in [-0.2, 0) is 16.6 Å². The van der Waals surface area contributed by atoms with Crippen LogP contribution in [0.2, 0.25) is 0 Å². The van der Waals surface area contributed by atoms with Crippen LogP contribution in [0.4, 0.5) is 0 Å². The van der Waals surface area contributed by atoms with Gasteiger partial charge in [-0.1, -0.05) is 37.3 Å². The quantitative estimate of drug-likeness (QED) is 0.352. The fourth-order valence-electron chi connectivity index (χ4n) is 3.31. The number of methoxy groups -OCH3 is 1. The van der Waals surface area contributed by atoms with Crippen LogP contribution in [0.1, 0.15) is 31.7 Å². The van der Waals surface area contributed by atoms with Gasteiger partial charge < -0.3 is 9.30 Å². The number of nitrogens with zero attached hydrogens (tertiary/aromatic N) is 2. The topological polar surface area (TPSA) is 74.4 Å². The first-order valence-electron chi connectivity index (χ1n) is 7.67. The number of carbonyl (C=O) groups is 1. The third-order valence-corrected chi connectivity index (χ3v) is 4.55. The van der Waals surface area contributed by atoms with Gasteiger partial charge in [0.15, 0.2) is 0 Å². The van der Waals surface area contributed by atoms with Crippen molar-refractivity contribution in [3.8, 4) is 0 Å². The van der Waals surface area contributed by atoms with Crippen molar-refractivity contribution in [2.75, 3.05) is 7.11 Å². The van der Waals surface area contributed by atoms with Gasteiger partial charge in [-0.3, -0.25) is 10.1 Å². The molecule has 6 heteroatoms. The smallest absolute Gasteiger partial charge is 0.385 e. The molecule has 128 valence electrons. The van der Waals surface area contributed by atoms with E-state index in [1.165, 1.54) is 7.11 Å². The standard InChI is InChI=1S/C18H22N2O4/c1-12(2)10-18(20(22)23,17(21)24-5)13(3)15-11-19(4)16-9-7-6-8-14(15)16/h6-9,11,13H,1,10H2,2-5H3. The first-order valence-corrected chi connectivity index (χ1v) is 7.67. The Hall–Kier alpha value is -2.63. The molecule has 2 unspecified atom stereocenters. The lowest BCUT2D eigenvalue weighted by atomic mass is 9.76. The molecule has 2 atom stereocenters. The third kappa shape index (κ3) is 2.68. The van der Waals surface area contributed by atoms with E-state index in [1.807, 2.05) is 42.1 Å². The summed E-state index contributed by atoms with van der Waals surface area (Å²) in [5, 5.41) is 12.9. The van der Waals surface area contributed by atoms with Crippen molar-refractivity contribution in [2.45, 2.75) is 31.7 Å². The molecular weight excluding hydrogens is 308 g/mol. The number of hydrogen-bond acceptors (Lipinski definition) is 4. The van der Waals surface area contributed by atoms with Crippen LogP contribution < -0.4 is 0 Å². The summed E-state index contributed by atoms with van der Waals surface area (Å²) in [6, 6.07) is 7.63. The number of esters is 1. The third-order valence-electron chi connectivity index (χ3n) is 4.55. The van der Waals surface area contributed by atoms with Crippen LogP contribution in [-0.4, -0.2) is 28.1 Å². The molecule has 0 amide bonds. The Morgan fingerprint density at radius 1 is 1.46 bits per heavy atom. The molecule has 2 rings (SSSR count). The molecule has 0 fully saturated rings. The molecule has 0 radical (unpaired) electrons. The molecule has 0 aliphatic rings. The first-order chi connectivity index (χ1) is 11.3. The van der Waals surface area contributed by atoms with E-state index in [-0.39, 0.29) is 6.42 Å². The molecule has 0 aliphatic heterocycles. The van der Waals surface area contributed by atoms with E-state index in [0.29, 0.717) is 5.57 Å². The number of carbonyl (C=O) groups excluding carboxylic acids is 1. The van der Waals surface area contributed by atoms with Crippen molar-refractivity contribution in [3.63, 3.8) is 0 Å². The Bertz CT molecular complexity index is 808. The fraction of sp³-hybridized carbons (Fsp3) is 0.389. The summed E-state index contributed by atoms with van der Waals surface area (Å²) in [4.78, 5) is 23.9. The fourth-order valence-corrected chi connectivity index (χ4v) is 3.31. The van der Waals surface area contributed by atoms with Gasteiger partial charge in [-0.05, 0) is 18.6 Å². The summed E-state index contributed by atoms with van der Waals surface area (Å²) in [5.74, 6) is -1.53. The number of rotatable bonds is 6. The predicted octanol–water partition coefficient (Wildman–Crippen LogP) is 3.44. The molecule has 1 heterocycles. The van der Waals surface area contributed by atoms with Gasteiger partial charge in [0, 0.05) is 29.1 Å². The molecular formula is C18H22N2O4. The number of aromatic nitrogens is 1. The van der Waals surface area contributed by atoms with Gasteiger partial charge in [0.25, 0.3) is 0 Å². The zero-order valence-corrected chi connectivity index (χ0v) is 14.4. The van der Waals surface area contributed by atoms with Gasteiger partial charge in [-0.2, -0.15) is 0 Å². The summed E-state index contributed by atoms with van der Waals surface area (Å²) < 4.78 is 6.72. The van der Waals surface area contributed by atoms with E-state index >= 15 is 0 Å². The number of hydrogen-bond donors (Lipinski definition) is 0. The Morgan fingerprint density at radius 2 is 2.08 bits per heavy atom. The maximum absolute atomic E-state index is 12.5. The molecule has 2 aromatic rings. The zero-order chi connectivity index (χ0) is 18.1. The van der Waals surface area contributed by atoms with Gasteiger partial charge in [-0.25, -0.2) is 4.79 Å². The van der Waals surface area contributed by atoms with Gasteiger partial charge in [0.05, 0.1) is 19.4 Å². The van der Waals surface area contributed by atoms with E-state index in [1.54, 1.807) is 13.8 Å². The largest absolute Gasteiger partial charge is 0.464 e. The van der Waals surface area contributed by atoms with Crippen molar-refractivity contribution in [1.82, 2.24) is 4.57 Å². The molecule has 0 saturated heterocycles. The van der Waals surface area contributed by atoms with Crippen LogP contribution in [0.5, 0.6) is 0 Å². The second-order valence-corrected chi connectivity index (χ2v) is 6.24. The highest BCUT2D eigenvalue weighted by Gasteiger charge is 2.57. The first kappa shape index (κ1) is 17.7. The lowest BCUT2D eigenvalue weighted by Gasteiger charge is -2.28. The SMILES string of the molecule is C=C(C)CC(C(=O)OC)(C(C)c1cn(C)c2ccccc12)[N+](=O)[O-]. The zero-order valence-electron chi connectivity index (χ0n) is 14.4. The van der Waals surface area contributed by atoms with Crippen molar-refractivity contribution in [2.24, 2.45) is 7.05 Å². The second kappa shape index (κ2) is 6.47. The Balaban J connectivity index is 2.70. The lowest BCUT2D eigenvalue weighted by Crippen LogP contribution is -2.51. The minimum atomic E-state index is -1.90. The monoisotopic (exact) mass is 330 g/mol. The molecule has 0 N–H and O–H groups in total. The van der Waals surface area contributed by atoms with E-state index in [9.17, 15) is 14.9 Å². The maximum Gasteiger partial charge on any atom is 0.385 e. The molecule has 6 nitrogen and oxygen atoms in total. The molecule has 0 aliphatic carbocycles. The number of fused-ring (bicyclic) bond motifs is 1. The number of ether oxygens (including phenoxy) is 1. The number of para-hydroxylation sites is 1. The van der Waals surface area contributed by atoms with E-state index in [0.717, 1.165) is 16.5 Å². The molecule has 0 spiro atoms. The summed E-state index contributed by atoms with van der Waals surface area (Å²) in [6.45, 7) is 7.14. The average molecular weight is 330 g/mol. The van der Waals surface area contributed by atoms with Crippen molar-refractivity contribution in [3.05, 3.63) is 58.3 Å². The Morgan fingerprint density at radius 3 is 2.62 bits per heavy atom. The van der Waals surface area contributed by atoms with Crippen molar-refractivity contribution in [1.29, 1.82) is 0 Å². The maximum atomic E-state index is 12.5. The van der Waals surface area contributed by atoms with Crippen LogP contribution >= 0.6 is 0 Å². The second-order valence-electron chi connectivity index (χ2n) is 6.24. The summed E-state index contributed by atoms with van der Waals surface area (Å²) >= 11 is 0. The van der Waals surface area contributed by atoms with Gasteiger partial charge in [-0.15, -0.1) is 0 Å². The molecule has 1 aromatic carbocycles. The van der Waals surface area contributed by atoms with Gasteiger partial charge in [0.1, 0.15) is 0 Å². The van der Waals surface area contributed by atoms with Crippen molar-refractivity contribution < 1.29 is 14.5 Å². The highest BCUT2D eigenvalue weighted by Crippen LogP contribution is 2.40. The van der Waals surface area contributed by atoms with Crippen LogP contribution in [0.15, 0.2) is 42.6 Å². The minimum Gasteiger partial charge on any atom is -0.464 e. The average Bonchev–Trinajstić information content (AvgIpc) is 2.88. The molecule has 24 heavy (non-hydrogen) atoms. The number of benzene rings is 1. The van der Waals surface area contributed by atoms with Crippen LogP contribution in [0, 0.1) is 10.1 Å². The lowest BCUT2D eigenvalue weighted by molar-refractivity contribution is -0.559. The highest BCUT2D eigenvalue weighted by atomic mass is 16.6. The van der Waals surface area contributed by atoms with E-state index < -0.39 is 22.3 Å². The number of aryl methyl sites for hydroxylation is 1. The molecule has 1 aromatic heterocycles. The van der Waals surface area contributed by atoms with Crippen LogP contribution in [0.25, 0.3) is 10.9 Å². The van der Waals surface area contributed by atoms with Gasteiger partial charge in [0.2, 0.25) is 0 Å². The Kier molecular flexibility index (Phi) is 4.78. The van der Waals surface area contributed by atoms with Crippen molar-refractivity contribution >= 4 is 16.9 Å². The predicted molar refractivity (Wildman–Crippen MR) is 92.5 cm³/mol. The summed E-state index contributed by atoms with van der Waals surface area (Å²) in [5.41, 5.74) is 0.363. The molecule has 0 saturated carbocycles. The summed E-state index contributed by atoms with van der Waals surface area (Å²) in [6.07, 6.45) is 1.77. The minimum absolute atomic E-state index is 0.0724. The highest BCUT2D eigenvalue weighted by molar-refractivity contribution is 5.87. The molecule has 0 bridgehead atoms. The Labute approximate surface area is 140 Å². The normalized spacial score (nSPS) is 14.8. The van der Waals surface area contributed by atoms with Crippen LogP contribution in [0.3, 0.4) is 0 Å². The number of nitro groups is 1. The van der Waals surface area contributed by atoms with E-state index in [4.69, 9.17) is 4.74 Å². The summed E-state index contributed by atoms with van der Waals surface area (Å²) in [7, 11) is 3.05. The van der Waals surface area contributed by atoms with E-state index in [2.05, 4.69) is 6.58 Å².